The lowest BCUT2D eigenvalue weighted by Gasteiger charge is -2.41. The number of carbonyl (C=O) groups is 1. The quantitative estimate of drug-likeness (QED) is 0.330. The van der Waals surface area contributed by atoms with Crippen LogP contribution in [0.1, 0.15) is 43.5 Å². The van der Waals surface area contributed by atoms with E-state index in [1.54, 1.807) is 29.0 Å². The Hall–Kier alpha value is -5.11. The summed E-state index contributed by atoms with van der Waals surface area (Å²) < 4.78 is 32.2. The molecule has 0 unspecified atom stereocenters. The molecule has 0 aliphatic carbocycles. The van der Waals surface area contributed by atoms with Gasteiger partial charge in [-0.1, -0.05) is 26.5 Å². The number of nitrogens with zero attached hydrogens (tertiary/aromatic N) is 6. The molecule has 3 aromatic heterocycles. The number of rotatable bonds is 5. The van der Waals surface area contributed by atoms with Gasteiger partial charge in [0.05, 0.1) is 22.6 Å². The molecule has 1 aliphatic heterocycles. The van der Waals surface area contributed by atoms with Crippen molar-refractivity contribution < 1.29 is 18.7 Å². The van der Waals surface area contributed by atoms with Crippen LogP contribution in [0.4, 0.5) is 14.5 Å². The summed E-state index contributed by atoms with van der Waals surface area (Å²) in [6, 6.07) is 8.08. The number of benzene rings is 1. The van der Waals surface area contributed by atoms with Gasteiger partial charge in [0.15, 0.2) is 11.5 Å². The Labute approximate surface area is 247 Å². The molecule has 1 aliphatic rings. The van der Waals surface area contributed by atoms with E-state index in [-0.39, 0.29) is 59.8 Å². The molecule has 1 saturated heterocycles. The molecule has 1 aromatic carbocycles. The summed E-state index contributed by atoms with van der Waals surface area (Å²) in [5, 5.41) is 21.0. The van der Waals surface area contributed by atoms with Crippen molar-refractivity contribution in [1.82, 2.24) is 19.4 Å². The highest BCUT2D eigenvalue weighted by Crippen LogP contribution is 2.38. The smallest absolute Gasteiger partial charge is 0.276 e. The largest absolute Gasteiger partial charge is 0.507 e. The fraction of sp³-hybridized carbons (Fsp3) is 0.281. The van der Waals surface area contributed by atoms with Crippen molar-refractivity contribution in [1.29, 1.82) is 5.26 Å². The lowest BCUT2D eigenvalue weighted by Crippen LogP contribution is -2.54. The molecule has 1 amide bonds. The average molecular weight is 585 g/mol. The van der Waals surface area contributed by atoms with E-state index < -0.39 is 34.2 Å². The van der Waals surface area contributed by atoms with Crippen LogP contribution in [0.5, 0.6) is 5.75 Å². The van der Waals surface area contributed by atoms with Crippen LogP contribution in [-0.2, 0) is 4.79 Å². The minimum absolute atomic E-state index is 0.0344. The average Bonchev–Trinajstić information content (AvgIpc) is 2.97. The Morgan fingerprint density at radius 2 is 1.95 bits per heavy atom. The molecule has 4 aromatic rings. The molecule has 220 valence electrons. The van der Waals surface area contributed by atoms with Crippen molar-refractivity contribution in [3.63, 3.8) is 0 Å². The van der Waals surface area contributed by atoms with Gasteiger partial charge in [0, 0.05) is 37.3 Å². The lowest BCUT2D eigenvalue weighted by molar-refractivity contribution is -0.126. The number of aryl methyl sites for hydroxylation is 1. The molecule has 43 heavy (non-hydrogen) atoms. The highest BCUT2D eigenvalue weighted by atomic mass is 19.1. The van der Waals surface area contributed by atoms with Crippen molar-refractivity contribution in [3.8, 4) is 28.8 Å². The maximum Gasteiger partial charge on any atom is 0.276 e. The number of phenols is 1. The number of fused-ring (bicyclic) bond motifs is 1. The Bertz CT molecular complexity index is 1880. The molecule has 9 nitrogen and oxygen atoms in total. The number of hydrogen-bond acceptors (Lipinski definition) is 7. The number of phenolic OH excluding ortho intramolecular Hbond substituents is 1. The van der Waals surface area contributed by atoms with Crippen LogP contribution in [0.2, 0.25) is 0 Å². The molecular formula is C32H30F2N6O3. The summed E-state index contributed by atoms with van der Waals surface area (Å²) >= 11 is 0. The van der Waals surface area contributed by atoms with Crippen molar-refractivity contribution in [3.05, 3.63) is 88.0 Å². The number of nitriles is 1. The molecule has 11 heteroatoms. The van der Waals surface area contributed by atoms with Gasteiger partial charge in [-0.25, -0.2) is 13.8 Å². The van der Waals surface area contributed by atoms with Crippen LogP contribution < -0.4 is 10.5 Å². The molecule has 0 bridgehead atoms. The number of amides is 1. The third kappa shape index (κ3) is 4.88. The molecule has 0 spiro atoms. The fourth-order valence-corrected chi connectivity index (χ4v) is 5.70. The fourth-order valence-electron chi connectivity index (χ4n) is 5.70. The maximum absolute atomic E-state index is 16.0. The van der Waals surface area contributed by atoms with Crippen LogP contribution >= 0.6 is 0 Å². The van der Waals surface area contributed by atoms with Gasteiger partial charge >= 0.3 is 0 Å². The third-order valence-electron chi connectivity index (χ3n) is 7.74. The maximum atomic E-state index is 16.0. The van der Waals surface area contributed by atoms with Gasteiger partial charge in [0.2, 0.25) is 5.91 Å². The predicted octanol–water partition coefficient (Wildman–Crippen LogP) is 4.96. The molecule has 0 saturated carbocycles. The highest BCUT2D eigenvalue weighted by molar-refractivity contribution is 5.96. The summed E-state index contributed by atoms with van der Waals surface area (Å²) in [5.41, 5.74) is -0.166. The van der Waals surface area contributed by atoms with E-state index in [2.05, 4.69) is 16.5 Å². The third-order valence-corrected chi connectivity index (χ3v) is 7.74. The molecule has 0 radical (unpaired) electrons. The van der Waals surface area contributed by atoms with Crippen LogP contribution in [0, 0.1) is 29.9 Å². The van der Waals surface area contributed by atoms with E-state index in [1.165, 1.54) is 22.8 Å². The van der Waals surface area contributed by atoms with E-state index in [1.807, 2.05) is 26.8 Å². The summed E-state index contributed by atoms with van der Waals surface area (Å²) in [4.78, 5) is 39.1. The van der Waals surface area contributed by atoms with Crippen molar-refractivity contribution in [2.75, 3.05) is 24.5 Å². The number of aromatic nitrogens is 3. The number of pyridine rings is 3. The Kier molecular flexibility index (Phi) is 7.71. The van der Waals surface area contributed by atoms with Gasteiger partial charge < -0.3 is 14.9 Å². The summed E-state index contributed by atoms with van der Waals surface area (Å²) in [5.74, 6) is -2.77. The van der Waals surface area contributed by atoms with E-state index in [9.17, 15) is 24.3 Å². The Balaban J connectivity index is 1.92. The molecule has 4 heterocycles. The van der Waals surface area contributed by atoms with E-state index >= 15 is 4.39 Å². The SMILES string of the molecule is C=CC(=O)N1CCN(c2c(C#N)c(=O)n(-c3c(C)ccnc3C(C)C)c3nc(-c4c(O)cccc4F)c(F)cc23)[C@@H](C)C1. The van der Waals surface area contributed by atoms with Crippen molar-refractivity contribution in [2.24, 2.45) is 0 Å². The standard InChI is InChI=1S/C32H30F2N6O3/c1-6-25(42)38-12-13-39(19(5)16-38)30-20-14-23(34)28(26-22(33)8-7-9-24(26)41)37-31(20)40(32(43)21(30)15-35)29-18(4)10-11-36-27(29)17(2)3/h6-11,14,17,19,41H,1,12-13,16H2,2-5H3/t19-/m0/s1. The highest BCUT2D eigenvalue weighted by Gasteiger charge is 2.33. The second-order valence-corrected chi connectivity index (χ2v) is 10.8. The summed E-state index contributed by atoms with van der Waals surface area (Å²) in [6.45, 7) is 11.8. The molecule has 1 N–H and O–H groups in total. The number of hydrogen-bond donors (Lipinski definition) is 1. The molecular weight excluding hydrogens is 554 g/mol. The van der Waals surface area contributed by atoms with Gasteiger partial charge in [-0.15, -0.1) is 0 Å². The molecule has 5 rings (SSSR count). The van der Waals surface area contributed by atoms with E-state index in [0.29, 0.717) is 16.9 Å². The normalized spacial score (nSPS) is 15.2. The first-order valence-electron chi connectivity index (χ1n) is 13.8. The van der Waals surface area contributed by atoms with Gasteiger partial charge in [0.25, 0.3) is 5.56 Å². The Morgan fingerprint density at radius 1 is 1.21 bits per heavy atom. The molecule has 1 fully saturated rings. The zero-order chi connectivity index (χ0) is 31.2. The van der Waals surface area contributed by atoms with Crippen LogP contribution in [-0.4, -0.2) is 56.1 Å². The van der Waals surface area contributed by atoms with Crippen LogP contribution in [0.15, 0.2) is 54.0 Å². The minimum Gasteiger partial charge on any atom is -0.507 e. The second kappa shape index (κ2) is 11.3. The van der Waals surface area contributed by atoms with Gasteiger partial charge in [-0.05, 0) is 55.7 Å². The first-order chi connectivity index (χ1) is 20.5. The van der Waals surface area contributed by atoms with Crippen LogP contribution in [0.3, 0.4) is 0 Å². The first-order valence-corrected chi connectivity index (χ1v) is 13.8. The second-order valence-electron chi connectivity index (χ2n) is 10.8. The zero-order valence-corrected chi connectivity index (χ0v) is 24.2. The monoisotopic (exact) mass is 584 g/mol. The summed E-state index contributed by atoms with van der Waals surface area (Å²) in [6.07, 6.45) is 2.84. The topological polar surface area (TPSA) is 115 Å². The van der Waals surface area contributed by atoms with Gasteiger partial charge in [-0.3, -0.25) is 19.1 Å². The van der Waals surface area contributed by atoms with Gasteiger partial charge in [-0.2, -0.15) is 5.26 Å². The lowest BCUT2D eigenvalue weighted by atomic mass is 10.0. The van der Waals surface area contributed by atoms with Crippen LogP contribution in [0.25, 0.3) is 28.0 Å². The number of carbonyl (C=O) groups excluding carboxylic acids is 1. The van der Waals surface area contributed by atoms with Crippen molar-refractivity contribution >= 4 is 22.6 Å². The van der Waals surface area contributed by atoms with Crippen molar-refractivity contribution in [2.45, 2.75) is 39.7 Å². The zero-order valence-electron chi connectivity index (χ0n) is 24.2. The molecule has 1 atom stereocenters. The summed E-state index contributed by atoms with van der Waals surface area (Å²) in [7, 11) is 0. The van der Waals surface area contributed by atoms with Gasteiger partial charge in [0.1, 0.15) is 28.9 Å². The number of aromatic hydroxyl groups is 1. The minimum atomic E-state index is -0.955. The van der Waals surface area contributed by atoms with E-state index in [4.69, 9.17) is 0 Å². The number of piperazine rings is 1. The number of anilines is 1. The Morgan fingerprint density at radius 3 is 2.58 bits per heavy atom. The first kappa shape index (κ1) is 29.4. The predicted molar refractivity (Wildman–Crippen MR) is 159 cm³/mol. The number of halogens is 2. The van der Waals surface area contributed by atoms with E-state index in [0.717, 1.165) is 12.1 Å².